The van der Waals surface area contributed by atoms with Gasteiger partial charge in [-0.25, -0.2) is 24.6 Å². The van der Waals surface area contributed by atoms with Crippen LogP contribution < -0.4 is 38.6 Å². The Balaban J connectivity index is 0.000000248. The van der Waals surface area contributed by atoms with E-state index in [1.165, 1.54) is 69.6 Å². The molecule has 5 heterocycles. The first kappa shape index (κ1) is 92.8. The first-order valence-electron chi connectivity index (χ1n) is 34.5. The molecule has 5 aromatic heterocycles. The van der Waals surface area contributed by atoms with E-state index in [-0.39, 0.29) is 7.43 Å². The number of aromatic nitrogens is 5. The molecule has 2 N–H and O–H groups in total. The van der Waals surface area contributed by atoms with Gasteiger partial charge < -0.3 is 44.5 Å². The number of nitrogens with zero attached hydrogens (tertiary/aromatic N) is 6. The number of hydrogen-bond acceptors (Lipinski definition) is 14. The van der Waals surface area contributed by atoms with Crippen LogP contribution in [0.25, 0.3) is 0 Å². The number of carbonyl (C=O) groups is 1. The van der Waals surface area contributed by atoms with Crippen LogP contribution in [0.1, 0.15) is 106 Å². The second-order valence-corrected chi connectivity index (χ2v) is 35.1. The van der Waals surface area contributed by atoms with E-state index >= 15 is 0 Å². The van der Waals surface area contributed by atoms with Crippen molar-refractivity contribution in [2.24, 2.45) is 0 Å². The number of pyridine rings is 5. The van der Waals surface area contributed by atoms with E-state index < -0.39 is 16.9 Å². The summed E-state index contributed by atoms with van der Waals surface area (Å²) in [4.78, 5) is 27.1. The second-order valence-electron chi connectivity index (χ2n) is 26.7. The first-order chi connectivity index (χ1) is 52.1. The maximum absolute atomic E-state index is 13.0. The lowest BCUT2D eigenvalue weighted by Crippen LogP contribution is -2.34. The van der Waals surface area contributed by atoms with Crippen molar-refractivity contribution in [3.8, 4) is 51.7 Å². The summed E-state index contributed by atoms with van der Waals surface area (Å²) in [6, 6.07) is 53.8. The summed E-state index contributed by atoms with van der Waals surface area (Å²) >= 11 is 37.1. The third kappa shape index (κ3) is 32.5. The van der Waals surface area contributed by atoms with Crippen molar-refractivity contribution in [1.29, 1.82) is 0 Å². The normalized spacial score (nSPS) is 10.4. The molecule has 0 aliphatic rings. The van der Waals surface area contributed by atoms with E-state index in [9.17, 15) is 19.8 Å². The summed E-state index contributed by atoms with van der Waals surface area (Å²) < 4.78 is 40.5. The fourth-order valence-corrected chi connectivity index (χ4v) is 11.5. The van der Waals surface area contributed by atoms with Crippen molar-refractivity contribution in [3.63, 3.8) is 0 Å². The molecule has 7 aromatic carbocycles. The zero-order valence-electron chi connectivity index (χ0n) is 64.7. The number of phenols is 1. The number of hydrogen-bond donors (Lipinski definition) is 2. The lowest BCUT2D eigenvalue weighted by Gasteiger charge is -2.27. The first-order valence-corrected chi connectivity index (χ1v) is 40.4. The molecule has 1 amide bonds. The van der Waals surface area contributed by atoms with Crippen LogP contribution in [0.3, 0.4) is 0 Å². The minimum Gasteiger partial charge on any atom is -0.619 e. The predicted molar refractivity (Wildman–Crippen MR) is 460 cm³/mol. The molecular formula is C87H93Cl7N7O10P. The number of phenolic OH excluding ortho intramolecular Hbond substituents is 1. The zero-order valence-corrected chi connectivity index (χ0v) is 70.9. The van der Waals surface area contributed by atoms with Gasteiger partial charge >= 0.3 is 11.3 Å². The van der Waals surface area contributed by atoms with Crippen molar-refractivity contribution in [2.75, 3.05) is 10.2 Å². The Labute approximate surface area is 692 Å². The average molecular weight is 1680 g/mol. The van der Waals surface area contributed by atoms with Crippen LogP contribution in [-0.4, -0.2) is 31.8 Å². The van der Waals surface area contributed by atoms with Gasteiger partial charge in [0.15, 0.2) is 24.8 Å². The van der Waals surface area contributed by atoms with Crippen molar-refractivity contribution in [3.05, 3.63) is 328 Å². The summed E-state index contributed by atoms with van der Waals surface area (Å²) in [5.74, 6) is 7.61. The Bertz CT molecular complexity index is 5010. The van der Waals surface area contributed by atoms with E-state index in [4.69, 9.17) is 75.2 Å². The van der Waals surface area contributed by atoms with Gasteiger partial charge in [-0.2, -0.15) is 9.46 Å². The molecule has 590 valence electrons. The van der Waals surface area contributed by atoms with Crippen molar-refractivity contribution in [1.82, 2.24) is 15.0 Å². The van der Waals surface area contributed by atoms with E-state index in [2.05, 4.69) is 144 Å². The molecule has 0 atom stereocenters. The SMILES string of the molecule is C.Cc1cc(C)c(Oc2cc[n+]([O-])cc2)c(C)c1.Cc1cc(C)c(Oc2ccnc(Cl)c2)c(C)c1.Cc1cc(C)c(Oc2ccnc(N(C(=O)OC(C)(C)C)c3ccc(Cl)cc3)c2)c(C)c1.Cc1cc(C)c(Oc2ccnc(Nc3ccc(Cl)cc3)c2)c(C)c1.Cc1ccc(O)c(C)c1.O=P(Cl)(Cl)Cl.[O-][n+]1ccc(Cl)cc1. The van der Waals surface area contributed by atoms with Gasteiger partial charge in [0.2, 0.25) is 0 Å². The summed E-state index contributed by atoms with van der Waals surface area (Å²) in [6.45, 7) is 33.9. The molecule has 0 aliphatic carbocycles. The molecule has 0 saturated carbocycles. The molecule has 112 heavy (non-hydrogen) atoms. The number of halogens is 7. The van der Waals surface area contributed by atoms with Crippen molar-refractivity contribution in [2.45, 2.75) is 131 Å². The molecule has 17 nitrogen and oxygen atoms in total. The van der Waals surface area contributed by atoms with E-state index in [0.717, 1.165) is 95.1 Å². The lowest BCUT2D eigenvalue weighted by atomic mass is 10.1. The van der Waals surface area contributed by atoms with Gasteiger partial charge in [0.05, 0.1) is 10.7 Å². The van der Waals surface area contributed by atoms with Gasteiger partial charge in [-0.15, -0.1) is 0 Å². The molecule has 25 heteroatoms. The average Bonchev–Trinajstić information content (AvgIpc) is 0.800. The third-order valence-corrected chi connectivity index (χ3v) is 16.3. The zero-order chi connectivity index (χ0) is 82.0. The molecule has 0 spiro atoms. The fourth-order valence-electron chi connectivity index (χ4n) is 10.9. The molecule has 0 unspecified atom stereocenters. The lowest BCUT2D eigenvalue weighted by molar-refractivity contribution is -0.605. The molecule has 0 aliphatic heterocycles. The quantitative estimate of drug-likeness (QED) is 0.0505. The Morgan fingerprint density at radius 1 is 0.429 bits per heavy atom. The number of aryl methyl sites for hydroxylation is 14. The number of amides is 1. The van der Waals surface area contributed by atoms with E-state index in [1.54, 1.807) is 85.3 Å². The number of aromatic hydroxyl groups is 1. The minimum absolute atomic E-state index is 0. The maximum Gasteiger partial charge on any atom is 0.420 e. The second kappa shape index (κ2) is 43.9. The van der Waals surface area contributed by atoms with Gasteiger partial charge in [0.1, 0.15) is 74.1 Å². The van der Waals surface area contributed by atoms with Crippen LogP contribution in [0, 0.1) is 107 Å². The van der Waals surface area contributed by atoms with E-state index in [1.807, 2.05) is 125 Å². The highest BCUT2D eigenvalue weighted by atomic mass is 36.0. The predicted octanol–water partition coefficient (Wildman–Crippen LogP) is 27.6. The smallest absolute Gasteiger partial charge is 0.420 e. The largest absolute Gasteiger partial charge is 0.619 e. The Hall–Kier alpha value is -9.78. The topological polar surface area (TPSA) is 208 Å². The number of nitrogens with one attached hydrogen (secondary N) is 1. The minimum atomic E-state index is -3.22. The van der Waals surface area contributed by atoms with Gasteiger partial charge in [0.25, 0.3) is 0 Å². The van der Waals surface area contributed by atoms with Crippen LogP contribution in [0.15, 0.2) is 219 Å². The number of rotatable bonds is 12. The Morgan fingerprint density at radius 2 is 0.768 bits per heavy atom. The van der Waals surface area contributed by atoms with Crippen LogP contribution >= 0.6 is 85.3 Å². The molecule has 0 fully saturated rings. The maximum atomic E-state index is 13.0. The summed E-state index contributed by atoms with van der Waals surface area (Å²) in [5.41, 5.74) is 16.6. The highest BCUT2D eigenvalue weighted by Gasteiger charge is 2.27. The molecule has 0 radical (unpaired) electrons. The number of ether oxygens (including phenoxy) is 5. The summed E-state index contributed by atoms with van der Waals surface area (Å²) in [7, 11) is 0. The number of benzene rings is 7. The highest BCUT2D eigenvalue weighted by molar-refractivity contribution is 8.24. The fraction of sp³-hybridized carbons (Fsp3) is 0.218. The summed E-state index contributed by atoms with van der Waals surface area (Å²) in [5, 5.41) is 32.6. The molecule has 0 saturated heterocycles. The molecule has 12 aromatic rings. The van der Waals surface area contributed by atoms with Gasteiger partial charge in [-0.1, -0.05) is 142 Å². The van der Waals surface area contributed by atoms with Gasteiger partial charge in [-0.05, 0) is 274 Å². The third-order valence-electron chi connectivity index (χ3n) is 15.3. The standard InChI is InChI=1S/C25H27ClN2O3.C20H19ClN2O.C14H14ClNO.C14H15NO2.C8H10O.C5H4ClNO.CH4.Cl3OP/c1-16-13-17(2)23(18(3)14-16)30-21-11-12-27-22(15-21)28(24(29)31-25(4,5)6)20-9-7-19(26)8-10-20;1-13-10-14(2)20(15(3)11-13)24-18-8-9-22-19(12-18)23-17-6-4-16(21)5-7-17;1-9-6-10(2)14(11(3)7-9)17-12-4-5-16-13(15)8-12;1-10-8-11(2)14(12(3)9-10)17-13-4-6-15(16)7-5-13;1-6-3-4-8(9)7(2)5-6;6-5-1-3-7(8)4-2-5;;1-5(2,3)4/h7-15H,1-6H3;4-12H,1-3H3,(H,22,23);4-8H,1-3H3;4-9H,1-3H3;3-5,9H,1-2H3;1-4H;1H4;. The molecule has 12 rings (SSSR count). The van der Waals surface area contributed by atoms with E-state index in [0.29, 0.717) is 59.5 Å². The van der Waals surface area contributed by atoms with Crippen LogP contribution in [0.5, 0.6) is 51.7 Å². The highest BCUT2D eigenvalue weighted by Crippen LogP contribution is 2.61. The monoisotopic (exact) mass is 1670 g/mol. The van der Waals surface area contributed by atoms with Crippen molar-refractivity contribution >= 4 is 114 Å². The van der Waals surface area contributed by atoms with Crippen molar-refractivity contribution < 1.29 is 47.6 Å². The van der Waals surface area contributed by atoms with Gasteiger partial charge in [0, 0.05) is 76.8 Å². The van der Waals surface area contributed by atoms with Gasteiger partial charge in [-0.3, -0.25) is 4.57 Å². The van der Waals surface area contributed by atoms with Crippen LogP contribution in [-0.2, 0) is 9.30 Å². The van der Waals surface area contributed by atoms with Crippen LogP contribution in [0.4, 0.5) is 27.8 Å². The Morgan fingerprint density at radius 3 is 1.14 bits per heavy atom. The number of carbonyl (C=O) groups excluding carboxylic acids is 1. The summed E-state index contributed by atoms with van der Waals surface area (Å²) in [6.07, 6.45) is 9.98. The Kier molecular flexibility index (Phi) is 36.4. The molecule has 0 bridgehead atoms. The number of anilines is 4. The molecular weight excluding hydrogens is 1580 g/mol. The van der Waals surface area contributed by atoms with Crippen LogP contribution in [0.2, 0.25) is 20.2 Å².